The van der Waals surface area contributed by atoms with Crippen molar-refractivity contribution >= 4 is 11.9 Å². The van der Waals surface area contributed by atoms with Crippen molar-refractivity contribution in [2.75, 3.05) is 20.8 Å². The molecule has 0 aliphatic rings. The van der Waals surface area contributed by atoms with Gasteiger partial charge in [-0.15, -0.1) is 0 Å². The third kappa shape index (κ3) is 3.45. The van der Waals surface area contributed by atoms with Crippen LogP contribution in [0.15, 0.2) is 18.2 Å². The summed E-state index contributed by atoms with van der Waals surface area (Å²) < 4.78 is 10.3. The van der Waals surface area contributed by atoms with Crippen molar-refractivity contribution in [2.45, 2.75) is 26.3 Å². The van der Waals surface area contributed by atoms with E-state index in [4.69, 9.17) is 9.47 Å². The molecule has 0 bridgehead atoms. The Morgan fingerprint density at radius 1 is 1.14 bits per heavy atom. The quantitative estimate of drug-likeness (QED) is 0.869. The highest BCUT2D eigenvalue weighted by molar-refractivity contribution is 5.98. The van der Waals surface area contributed by atoms with Crippen LogP contribution in [0.1, 0.15) is 31.1 Å². The van der Waals surface area contributed by atoms with Gasteiger partial charge in [-0.2, -0.15) is 0 Å². The van der Waals surface area contributed by atoms with Gasteiger partial charge < -0.3 is 19.5 Å². The van der Waals surface area contributed by atoms with E-state index in [2.05, 4.69) is 0 Å². The molecule has 1 aromatic rings. The Morgan fingerprint density at radius 2 is 1.62 bits per heavy atom. The fourth-order valence-corrected chi connectivity index (χ4v) is 1.99. The predicted molar refractivity (Wildman–Crippen MR) is 78.0 cm³/mol. The minimum atomic E-state index is -1.30. The second kappa shape index (κ2) is 6.47. The van der Waals surface area contributed by atoms with Crippen LogP contribution in [0.4, 0.5) is 0 Å². The maximum Gasteiger partial charge on any atom is 0.329 e. The van der Waals surface area contributed by atoms with E-state index in [0.29, 0.717) is 17.1 Å². The van der Waals surface area contributed by atoms with Crippen LogP contribution in [0.5, 0.6) is 11.5 Å². The zero-order valence-corrected chi connectivity index (χ0v) is 13.0. The van der Waals surface area contributed by atoms with Gasteiger partial charge in [0.2, 0.25) is 0 Å². The zero-order chi connectivity index (χ0) is 16.2. The Hall–Kier alpha value is -2.24. The molecule has 1 amide bonds. The fraction of sp³-hybridized carbons (Fsp3) is 0.467. The lowest BCUT2D eigenvalue weighted by molar-refractivity contribution is -0.147. The van der Waals surface area contributed by atoms with Gasteiger partial charge in [0, 0.05) is 18.2 Å². The van der Waals surface area contributed by atoms with Crippen LogP contribution < -0.4 is 9.47 Å². The van der Waals surface area contributed by atoms with Crippen LogP contribution in [0.2, 0.25) is 0 Å². The van der Waals surface area contributed by atoms with E-state index >= 15 is 0 Å². The average Bonchev–Trinajstić information content (AvgIpc) is 2.46. The van der Waals surface area contributed by atoms with Crippen molar-refractivity contribution in [3.8, 4) is 11.5 Å². The molecule has 0 aliphatic heterocycles. The summed E-state index contributed by atoms with van der Waals surface area (Å²) in [5.41, 5.74) is -0.982. The number of benzene rings is 1. The van der Waals surface area contributed by atoms with Gasteiger partial charge in [0.1, 0.15) is 17.0 Å². The molecule has 0 radical (unpaired) electrons. The molecule has 0 atom stereocenters. The smallest absolute Gasteiger partial charge is 0.329 e. The Labute approximate surface area is 124 Å². The molecule has 0 saturated heterocycles. The van der Waals surface area contributed by atoms with Gasteiger partial charge in [0.05, 0.1) is 14.2 Å². The molecule has 0 spiro atoms. The molecule has 21 heavy (non-hydrogen) atoms. The summed E-state index contributed by atoms with van der Waals surface area (Å²) in [6, 6.07) is 4.77. The van der Waals surface area contributed by atoms with Gasteiger partial charge in [-0.25, -0.2) is 4.79 Å². The van der Waals surface area contributed by atoms with Crippen molar-refractivity contribution in [3.63, 3.8) is 0 Å². The molecule has 116 valence electrons. The van der Waals surface area contributed by atoms with E-state index < -0.39 is 11.5 Å². The molecule has 0 saturated carbocycles. The van der Waals surface area contributed by atoms with E-state index in [9.17, 15) is 14.7 Å². The number of carboxylic acid groups (broad SMARTS) is 1. The molecular weight excluding hydrogens is 274 g/mol. The molecule has 6 heteroatoms. The number of rotatable bonds is 6. The third-order valence-corrected chi connectivity index (χ3v) is 3.36. The highest BCUT2D eigenvalue weighted by Gasteiger charge is 2.37. The van der Waals surface area contributed by atoms with Gasteiger partial charge in [0.15, 0.2) is 0 Å². The number of hydrogen-bond donors (Lipinski definition) is 1. The van der Waals surface area contributed by atoms with Crippen molar-refractivity contribution in [3.05, 3.63) is 23.8 Å². The second-order valence-electron chi connectivity index (χ2n) is 5.01. The van der Waals surface area contributed by atoms with Crippen LogP contribution in [-0.4, -0.2) is 48.2 Å². The van der Waals surface area contributed by atoms with E-state index in [1.165, 1.54) is 33.0 Å². The number of aliphatic carboxylic acids is 1. The Balaban J connectivity index is 3.25. The summed E-state index contributed by atoms with van der Waals surface area (Å²) in [6.45, 7) is 5.00. The maximum absolute atomic E-state index is 12.6. The fourth-order valence-electron chi connectivity index (χ4n) is 1.99. The molecule has 0 aliphatic carbocycles. The van der Waals surface area contributed by atoms with Crippen molar-refractivity contribution < 1.29 is 24.2 Å². The maximum atomic E-state index is 12.6. The van der Waals surface area contributed by atoms with Gasteiger partial charge in [-0.3, -0.25) is 4.79 Å². The normalized spacial score (nSPS) is 10.9. The standard InChI is InChI=1S/C15H21NO5/c1-6-16(15(2,3)14(18)19)13(17)10-7-11(20-4)9-12(8-10)21-5/h7-9H,6H2,1-5H3,(H,18,19). The zero-order valence-electron chi connectivity index (χ0n) is 13.0. The lowest BCUT2D eigenvalue weighted by atomic mass is 10.0. The number of carbonyl (C=O) groups excluding carboxylic acids is 1. The van der Waals surface area contributed by atoms with Gasteiger partial charge in [0.25, 0.3) is 5.91 Å². The van der Waals surface area contributed by atoms with Gasteiger partial charge >= 0.3 is 5.97 Å². The molecule has 0 aromatic heterocycles. The number of nitrogens with zero attached hydrogens (tertiary/aromatic N) is 1. The lowest BCUT2D eigenvalue weighted by Crippen LogP contribution is -2.52. The van der Waals surface area contributed by atoms with Crippen LogP contribution in [0.3, 0.4) is 0 Å². The predicted octanol–water partition coefficient (Wildman–Crippen LogP) is 2.03. The minimum absolute atomic E-state index is 0.275. The molecule has 0 fully saturated rings. The summed E-state index contributed by atoms with van der Waals surface area (Å²) in [6.07, 6.45) is 0. The van der Waals surface area contributed by atoms with E-state index in [1.54, 1.807) is 25.1 Å². The van der Waals surface area contributed by atoms with Crippen LogP contribution in [0.25, 0.3) is 0 Å². The number of methoxy groups -OCH3 is 2. The third-order valence-electron chi connectivity index (χ3n) is 3.36. The first kappa shape index (κ1) is 16.8. The Bertz CT molecular complexity index is 517. The topological polar surface area (TPSA) is 76.1 Å². The van der Waals surface area contributed by atoms with Crippen molar-refractivity contribution in [2.24, 2.45) is 0 Å². The van der Waals surface area contributed by atoms with Crippen LogP contribution in [0, 0.1) is 0 Å². The summed E-state index contributed by atoms with van der Waals surface area (Å²) in [4.78, 5) is 25.3. The molecule has 1 aromatic carbocycles. The highest BCUT2D eigenvalue weighted by atomic mass is 16.5. The highest BCUT2D eigenvalue weighted by Crippen LogP contribution is 2.25. The van der Waals surface area contributed by atoms with Gasteiger partial charge in [-0.1, -0.05) is 0 Å². The van der Waals surface area contributed by atoms with E-state index in [-0.39, 0.29) is 12.5 Å². The first-order chi connectivity index (χ1) is 9.77. The van der Waals surface area contributed by atoms with Gasteiger partial charge in [-0.05, 0) is 32.9 Å². The molecule has 0 unspecified atom stereocenters. The lowest BCUT2D eigenvalue weighted by Gasteiger charge is -2.34. The first-order valence-electron chi connectivity index (χ1n) is 6.56. The van der Waals surface area contributed by atoms with Crippen molar-refractivity contribution in [1.29, 1.82) is 0 Å². The molecule has 0 heterocycles. The SMILES string of the molecule is CCN(C(=O)c1cc(OC)cc(OC)c1)C(C)(C)C(=O)O. The summed E-state index contributed by atoms with van der Waals surface area (Å²) >= 11 is 0. The molecule has 6 nitrogen and oxygen atoms in total. The summed E-state index contributed by atoms with van der Waals surface area (Å²) in [7, 11) is 2.98. The molecular formula is C15H21NO5. The number of ether oxygens (including phenoxy) is 2. The molecule has 1 N–H and O–H groups in total. The minimum Gasteiger partial charge on any atom is -0.497 e. The number of likely N-dealkylation sites (N-methyl/N-ethyl adjacent to an activating group) is 1. The Morgan fingerprint density at radius 3 is 1.95 bits per heavy atom. The van der Waals surface area contributed by atoms with E-state index in [0.717, 1.165) is 0 Å². The number of amides is 1. The first-order valence-corrected chi connectivity index (χ1v) is 6.56. The summed E-state index contributed by atoms with van der Waals surface area (Å²) in [5.74, 6) is -0.501. The summed E-state index contributed by atoms with van der Waals surface area (Å²) in [5, 5.41) is 9.30. The van der Waals surface area contributed by atoms with Crippen molar-refractivity contribution in [1.82, 2.24) is 4.90 Å². The monoisotopic (exact) mass is 295 g/mol. The second-order valence-corrected chi connectivity index (χ2v) is 5.01. The number of carboxylic acids is 1. The molecule has 1 rings (SSSR count). The van der Waals surface area contributed by atoms with Crippen LogP contribution >= 0.6 is 0 Å². The number of hydrogen-bond acceptors (Lipinski definition) is 4. The average molecular weight is 295 g/mol. The Kier molecular flexibility index (Phi) is 5.18. The number of carbonyl (C=O) groups is 2. The van der Waals surface area contributed by atoms with Crippen LogP contribution in [-0.2, 0) is 4.79 Å². The largest absolute Gasteiger partial charge is 0.497 e. The van der Waals surface area contributed by atoms with E-state index in [1.807, 2.05) is 0 Å².